The summed E-state index contributed by atoms with van der Waals surface area (Å²) in [5, 5.41) is 12.2. The van der Waals surface area contributed by atoms with Gasteiger partial charge < -0.3 is 19.9 Å². The number of carbonyl (C=O) groups excluding carboxylic acids is 1. The van der Waals surface area contributed by atoms with Gasteiger partial charge in [0.25, 0.3) is 11.5 Å². The fourth-order valence-electron chi connectivity index (χ4n) is 3.53. The number of aliphatic hydroxyl groups is 1. The van der Waals surface area contributed by atoms with Crippen molar-refractivity contribution in [2.24, 2.45) is 0 Å². The smallest absolute Gasteiger partial charge is 0.267 e. The number of thioether (sulfide) groups is 1. The van der Waals surface area contributed by atoms with Crippen LogP contribution in [0.1, 0.15) is 11.1 Å². The second kappa shape index (κ2) is 8.85. The molecule has 0 radical (unpaired) electrons. The molecular weight excluding hydrogens is 464 g/mol. The molecule has 0 unspecified atom stereocenters. The lowest BCUT2D eigenvalue weighted by Gasteiger charge is -2.14. The molecule has 33 heavy (non-hydrogen) atoms. The highest BCUT2D eigenvalue weighted by Crippen LogP contribution is 2.36. The Balaban J connectivity index is 1.48. The van der Waals surface area contributed by atoms with Crippen molar-refractivity contribution in [1.82, 2.24) is 14.3 Å². The third-order valence-electron chi connectivity index (χ3n) is 5.10. The maximum atomic E-state index is 13.2. The van der Waals surface area contributed by atoms with E-state index in [1.807, 2.05) is 12.1 Å². The van der Waals surface area contributed by atoms with Gasteiger partial charge in [-0.3, -0.25) is 18.9 Å². The molecule has 0 bridgehead atoms. The van der Waals surface area contributed by atoms with Gasteiger partial charge in [0.2, 0.25) is 6.79 Å². The van der Waals surface area contributed by atoms with Crippen LogP contribution in [0.15, 0.2) is 52.3 Å². The number of ether oxygens (including phenoxy) is 2. The van der Waals surface area contributed by atoms with Crippen molar-refractivity contribution >= 4 is 51.7 Å². The molecule has 1 fully saturated rings. The minimum Gasteiger partial charge on any atom is -0.454 e. The first-order valence-corrected chi connectivity index (χ1v) is 11.3. The molecule has 2 N–H and O–H groups in total. The molecule has 4 heterocycles. The number of aliphatic hydroxyl groups excluding tert-OH is 1. The lowest BCUT2D eigenvalue weighted by Crippen LogP contribution is -2.27. The van der Waals surface area contributed by atoms with E-state index in [2.05, 4.69) is 10.3 Å². The number of rotatable bonds is 6. The highest BCUT2D eigenvalue weighted by molar-refractivity contribution is 8.26. The first kappa shape index (κ1) is 21.4. The summed E-state index contributed by atoms with van der Waals surface area (Å²) in [4.78, 5) is 32.6. The van der Waals surface area contributed by atoms with E-state index in [1.54, 1.807) is 30.5 Å². The third-order valence-corrected chi connectivity index (χ3v) is 6.48. The zero-order valence-corrected chi connectivity index (χ0v) is 18.8. The average molecular weight is 483 g/mol. The number of thiocarbonyl (C=S) groups is 1. The largest absolute Gasteiger partial charge is 0.454 e. The Morgan fingerprint density at radius 2 is 2.06 bits per heavy atom. The topological polar surface area (TPSA) is 105 Å². The molecule has 11 heteroatoms. The Bertz CT molecular complexity index is 1370. The van der Waals surface area contributed by atoms with Gasteiger partial charge in [0.05, 0.1) is 23.6 Å². The van der Waals surface area contributed by atoms with Crippen molar-refractivity contribution in [2.75, 3.05) is 25.3 Å². The van der Waals surface area contributed by atoms with Gasteiger partial charge in [0.1, 0.15) is 15.8 Å². The molecule has 1 amide bonds. The van der Waals surface area contributed by atoms with Crippen molar-refractivity contribution in [1.29, 1.82) is 0 Å². The monoisotopic (exact) mass is 482 g/mol. The number of hydrogen-bond acceptors (Lipinski definition) is 9. The molecule has 5 rings (SSSR count). The van der Waals surface area contributed by atoms with Crippen LogP contribution < -0.4 is 20.3 Å². The highest BCUT2D eigenvalue weighted by Gasteiger charge is 2.33. The number of nitrogens with one attached hydrogen (secondary N) is 1. The number of benzene rings is 1. The van der Waals surface area contributed by atoms with Crippen LogP contribution in [0, 0.1) is 0 Å². The summed E-state index contributed by atoms with van der Waals surface area (Å²) in [7, 11) is 0. The number of pyridine rings is 1. The zero-order chi connectivity index (χ0) is 22.9. The summed E-state index contributed by atoms with van der Waals surface area (Å²) in [6.07, 6.45) is 3.12. The molecule has 0 saturated carbocycles. The van der Waals surface area contributed by atoms with Crippen LogP contribution in [0.3, 0.4) is 0 Å². The quantitative estimate of drug-likeness (QED) is 0.404. The lowest BCUT2D eigenvalue weighted by atomic mass is 10.2. The fraction of sp³-hybridized carbons (Fsp3) is 0.182. The van der Waals surface area contributed by atoms with Crippen molar-refractivity contribution in [2.45, 2.75) is 6.54 Å². The summed E-state index contributed by atoms with van der Waals surface area (Å²) in [6, 6.07) is 10.7. The van der Waals surface area contributed by atoms with Crippen LogP contribution in [-0.2, 0) is 11.3 Å². The Labute approximate surface area is 197 Å². The number of carbonyl (C=O) groups is 1. The van der Waals surface area contributed by atoms with Crippen molar-refractivity contribution in [3.8, 4) is 11.5 Å². The van der Waals surface area contributed by atoms with Gasteiger partial charge in [0.15, 0.2) is 11.5 Å². The van der Waals surface area contributed by atoms with Gasteiger partial charge in [-0.15, -0.1) is 0 Å². The van der Waals surface area contributed by atoms with E-state index in [-0.39, 0.29) is 43.5 Å². The summed E-state index contributed by atoms with van der Waals surface area (Å²) in [5.41, 5.74) is 1.18. The predicted molar refractivity (Wildman–Crippen MR) is 128 cm³/mol. The van der Waals surface area contributed by atoms with E-state index < -0.39 is 0 Å². The molecule has 3 aromatic rings. The molecule has 2 aliphatic rings. The highest BCUT2D eigenvalue weighted by atomic mass is 32.2. The van der Waals surface area contributed by atoms with E-state index in [0.717, 1.165) is 17.3 Å². The number of aromatic nitrogens is 2. The second-order valence-corrected chi connectivity index (χ2v) is 8.89. The zero-order valence-electron chi connectivity index (χ0n) is 17.2. The molecule has 2 aromatic heterocycles. The van der Waals surface area contributed by atoms with Gasteiger partial charge in [-0.25, -0.2) is 4.98 Å². The number of hydrogen-bond donors (Lipinski definition) is 2. The van der Waals surface area contributed by atoms with Crippen molar-refractivity contribution < 1.29 is 19.4 Å². The van der Waals surface area contributed by atoms with Gasteiger partial charge in [-0.1, -0.05) is 36.1 Å². The standard InChI is InChI=1S/C22H18N4O5S2/c27-8-6-23-19-14(20(28)25-7-2-1-3-18(25)24-19)10-17-21(29)26(22(32)33-17)11-13-4-5-15-16(9-13)31-12-30-15/h1-5,7,9-10,23,27H,6,8,11-12H2. The molecule has 0 atom stereocenters. The normalized spacial score (nSPS) is 16.3. The SMILES string of the molecule is O=C1C(=Cc2c(NCCO)nc3ccccn3c2=O)SC(=S)N1Cc1ccc2c(c1)OCO2. The fourth-order valence-corrected chi connectivity index (χ4v) is 4.77. The van der Waals surface area contributed by atoms with Crippen LogP contribution in [0.2, 0.25) is 0 Å². The molecule has 9 nitrogen and oxygen atoms in total. The molecule has 0 spiro atoms. The minimum absolute atomic E-state index is 0.132. The Hall–Kier alpha value is -3.41. The van der Waals surface area contributed by atoms with Gasteiger partial charge in [0, 0.05) is 12.7 Å². The Morgan fingerprint density at radius 3 is 2.91 bits per heavy atom. The summed E-state index contributed by atoms with van der Waals surface area (Å²) >= 11 is 6.57. The van der Waals surface area contributed by atoms with Gasteiger partial charge >= 0.3 is 0 Å². The van der Waals surface area contributed by atoms with Crippen LogP contribution in [0.25, 0.3) is 11.7 Å². The van der Waals surface area contributed by atoms with E-state index in [0.29, 0.717) is 32.2 Å². The van der Waals surface area contributed by atoms with Crippen molar-refractivity contribution in [3.63, 3.8) is 0 Å². The number of amides is 1. The average Bonchev–Trinajstić information content (AvgIpc) is 3.39. The van der Waals surface area contributed by atoms with Crippen LogP contribution in [0.4, 0.5) is 5.82 Å². The van der Waals surface area contributed by atoms with E-state index >= 15 is 0 Å². The second-order valence-electron chi connectivity index (χ2n) is 7.21. The van der Waals surface area contributed by atoms with Gasteiger partial charge in [-0.05, 0) is 35.9 Å². The molecule has 1 saturated heterocycles. The number of nitrogens with zero attached hydrogens (tertiary/aromatic N) is 3. The Kier molecular flexibility index (Phi) is 5.75. The molecule has 1 aromatic carbocycles. The van der Waals surface area contributed by atoms with Crippen LogP contribution in [-0.4, -0.2) is 49.6 Å². The molecule has 2 aliphatic heterocycles. The van der Waals surface area contributed by atoms with E-state index in [1.165, 1.54) is 15.4 Å². The molecule has 0 aliphatic carbocycles. The minimum atomic E-state index is -0.331. The first-order valence-electron chi connectivity index (χ1n) is 10.0. The lowest BCUT2D eigenvalue weighted by molar-refractivity contribution is -0.122. The summed E-state index contributed by atoms with van der Waals surface area (Å²) < 4.78 is 12.5. The summed E-state index contributed by atoms with van der Waals surface area (Å²) in [5.74, 6) is 1.29. The summed E-state index contributed by atoms with van der Waals surface area (Å²) in [6.45, 7) is 0.516. The van der Waals surface area contributed by atoms with Gasteiger partial charge in [-0.2, -0.15) is 0 Å². The molecule has 168 valence electrons. The van der Waals surface area contributed by atoms with E-state index in [4.69, 9.17) is 21.7 Å². The number of fused-ring (bicyclic) bond motifs is 2. The Morgan fingerprint density at radius 1 is 1.21 bits per heavy atom. The van der Waals surface area contributed by atoms with Crippen LogP contribution in [0.5, 0.6) is 11.5 Å². The third kappa shape index (κ3) is 4.06. The molecular formula is C22H18N4O5S2. The maximum absolute atomic E-state index is 13.2. The maximum Gasteiger partial charge on any atom is 0.267 e. The number of anilines is 1. The van der Waals surface area contributed by atoms with E-state index in [9.17, 15) is 14.7 Å². The van der Waals surface area contributed by atoms with Crippen LogP contribution >= 0.6 is 24.0 Å². The predicted octanol–water partition coefficient (Wildman–Crippen LogP) is 2.23. The van der Waals surface area contributed by atoms with Crippen molar-refractivity contribution in [3.05, 3.63) is 69.0 Å². The first-order chi connectivity index (χ1) is 16.0.